The molecule has 146 valence electrons. The average molecular weight is 402 g/mol. The Hall–Kier alpha value is -3.40. The van der Waals surface area contributed by atoms with Crippen molar-refractivity contribution in [3.63, 3.8) is 0 Å². The van der Waals surface area contributed by atoms with Crippen molar-refractivity contribution < 1.29 is 14.3 Å². The number of rotatable bonds is 5. The summed E-state index contributed by atoms with van der Waals surface area (Å²) in [5, 5.41) is 4.70. The maximum absolute atomic E-state index is 12.5. The predicted octanol–water partition coefficient (Wildman–Crippen LogP) is 1.48. The Morgan fingerprint density at radius 1 is 1.11 bits per heavy atom. The number of methoxy groups -OCH3 is 2. The molecule has 0 fully saturated rings. The molecule has 0 atom stereocenters. The van der Waals surface area contributed by atoms with Crippen LogP contribution in [0.1, 0.15) is 10.5 Å². The van der Waals surface area contributed by atoms with Crippen LogP contribution in [0.2, 0.25) is 0 Å². The zero-order valence-electron chi connectivity index (χ0n) is 15.7. The van der Waals surface area contributed by atoms with E-state index in [2.05, 4.69) is 10.3 Å². The molecule has 0 unspecified atom stereocenters. The number of hydrogen-bond donors (Lipinski definition) is 1. The van der Waals surface area contributed by atoms with Crippen LogP contribution in [0.15, 0.2) is 39.2 Å². The van der Waals surface area contributed by atoms with Gasteiger partial charge in [-0.25, -0.2) is 9.78 Å². The molecule has 0 aliphatic rings. The smallest absolute Gasteiger partial charge is 0.331 e. The minimum atomic E-state index is -0.601. The number of hydrogen-bond acceptors (Lipinski definition) is 7. The second kappa shape index (κ2) is 7.69. The zero-order chi connectivity index (χ0) is 20.4. The van der Waals surface area contributed by atoms with Crippen molar-refractivity contribution in [3.8, 4) is 22.8 Å². The summed E-state index contributed by atoms with van der Waals surface area (Å²) in [4.78, 5) is 40.7. The molecule has 0 aliphatic carbocycles. The summed E-state index contributed by atoms with van der Waals surface area (Å²) in [6.07, 6.45) is 0. The van der Waals surface area contributed by atoms with Crippen LogP contribution in [0.3, 0.4) is 0 Å². The molecule has 1 N–H and O–H groups in total. The number of nitrogens with zero attached hydrogens (tertiary/aromatic N) is 3. The molecule has 9 nitrogen and oxygen atoms in total. The van der Waals surface area contributed by atoms with Gasteiger partial charge >= 0.3 is 5.69 Å². The number of nitrogens with one attached hydrogen (secondary N) is 1. The molecule has 0 saturated heterocycles. The van der Waals surface area contributed by atoms with E-state index in [0.717, 1.165) is 15.2 Å². The number of ether oxygens (including phenoxy) is 2. The highest BCUT2D eigenvalue weighted by atomic mass is 32.1. The van der Waals surface area contributed by atoms with Crippen molar-refractivity contribution in [2.75, 3.05) is 19.5 Å². The Morgan fingerprint density at radius 2 is 1.86 bits per heavy atom. The van der Waals surface area contributed by atoms with E-state index in [-0.39, 0.29) is 5.69 Å². The number of carbonyl (C=O) groups excluding carboxylic acids is 1. The van der Waals surface area contributed by atoms with E-state index in [1.54, 1.807) is 37.8 Å². The molecule has 0 radical (unpaired) electrons. The number of thiazole rings is 1. The molecule has 0 aliphatic heterocycles. The van der Waals surface area contributed by atoms with Gasteiger partial charge in [-0.1, -0.05) is 0 Å². The standard InChI is InChI=1S/C18H18N4O5S/c1-21-13(8-15(23)22(2)18(21)25)16(24)20-17-19-12(9-28-17)11-7-10(26-3)5-6-14(11)27-4/h5-9H,1-4H3,(H,19,20,24). The number of aromatic nitrogens is 3. The Balaban J connectivity index is 1.91. The van der Waals surface area contributed by atoms with Gasteiger partial charge in [-0.3, -0.25) is 24.0 Å². The molecule has 1 amide bonds. The SMILES string of the molecule is COc1ccc(OC)c(-c2csc(NC(=O)c3cc(=O)n(C)c(=O)n3C)n2)c1. The van der Waals surface area contributed by atoms with Gasteiger partial charge in [0.25, 0.3) is 11.5 Å². The summed E-state index contributed by atoms with van der Waals surface area (Å²) in [6.45, 7) is 0. The largest absolute Gasteiger partial charge is 0.497 e. The lowest BCUT2D eigenvalue weighted by atomic mass is 10.1. The third-order valence-electron chi connectivity index (χ3n) is 4.17. The van der Waals surface area contributed by atoms with Crippen LogP contribution in [-0.4, -0.2) is 34.2 Å². The third-order valence-corrected chi connectivity index (χ3v) is 4.92. The van der Waals surface area contributed by atoms with E-state index in [1.165, 1.54) is 25.4 Å². The molecule has 3 aromatic rings. The fraction of sp³-hybridized carbons (Fsp3) is 0.222. The monoisotopic (exact) mass is 402 g/mol. The van der Waals surface area contributed by atoms with E-state index in [9.17, 15) is 14.4 Å². The van der Waals surface area contributed by atoms with Gasteiger partial charge in [0.1, 0.15) is 17.2 Å². The van der Waals surface area contributed by atoms with Crippen LogP contribution in [0.5, 0.6) is 11.5 Å². The van der Waals surface area contributed by atoms with Crippen LogP contribution >= 0.6 is 11.3 Å². The van der Waals surface area contributed by atoms with Gasteiger partial charge in [0.2, 0.25) is 0 Å². The maximum atomic E-state index is 12.5. The van der Waals surface area contributed by atoms with Crippen LogP contribution in [0.4, 0.5) is 5.13 Å². The topological polar surface area (TPSA) is 104 Å². The number of carbonyl (C=O) groups is 1. The van der Waals surface area contributed by atoms with Crippen molar-refractivity contribution in [1.82, 2.24) is 14.1 Å². The van der Waals surface area contributed by atoms with E-state index >= 15 is 0 Å². The number of benzene rings is 1. The maximum Gasteiger partial charge on any atom is 0.331 e. The van der Waals surface area contributed by atoms with Crippen LogP contribution in [0, 0.1) is 0 Å². The molecular formula is C18H18N4O5S. The van der Waals surface area contributed by atoms with Crippen molar-refractivity contribution >= 4 is 22.4 Å². The Morgan fingerprint density at radius 3 is 2.54 bits per heavy atom. The summed E-state index contributed by atoms with van der Waals surface area (Å²) < 4.78 is 12.6. The Kier molecular flexibility index (Phi) is 5.32. The lowest BCUT2D eigenvalue weighted by molar-refractivity contribution is 0.101. The van der Waals surface area contributed by atoms with Gasteiger partial charge in [-0.15, -0.1) is 11.3 Å². The van der Waals surface area contributed by atoms with Gasteiger partial charge in [-0.2, -0.15) is 0 Å². The molecule has 10 heteroatoms. The van der Waals surface area contributed by atoms with E-state index in [4.69, 9.17) is 9.47 Å². The molecule has 0 saturated carbocycles. The highest BCUT2D eigenvalue weighted by molar-refractivity contribution is 7.14. The minimum absolute atomic E-state index is 0.0520. The fourth-order valence-electron chi connectivity index (χ4n) is 2.58. The fourth-order valence-corrected chi connectivity index (χ4v) is 3.29. The van der Waals surface area contributed by atoms with Crippen LogP contribution in [0.25, 0.3) is 11.3 Å². The van der Waals surface area contributed by atoms with Gasteiger partial charge in [0.05, 0.1) is 19.9 Å². The van der Waals surface area contributed by atoms with E-state index < -0.39 is 17.2 Å². The van der Waals surface area contributed by atoms with Crippen molar-refractivity contribution in [1.29, 1.82) is 0 Å². The van der Waals surface area contributed by atoms with Crippen LogP contribution in [-0.2, 0) is 14.1 Å². The lowest BCUT2D eigenvalue weighted by Crippen LogP contribution is -2.40. The molecule has 1 aromatic carbocycles. The summed E-state index contributed by atoms with van der Waals surface area (Å²) >= 11 is 1.21. The lowest BCUT2D eigenvalue weighted by Gasteiger charge is -2.09. The zero-order valence-corrected chi connectivity index (χ0v) is 16.5. The first-order chi connectivity index (χ1) is 13.3. The molecule has 2 aromatic heterocycles. The second-order valence-electron chi connectivity index (χ2n) is 5.83. The molecule has 28 heavy (non-hydrogen) atoms. The molecule has 2 heterocycles. The molecule has 3 rings (SSSR count). The molecule has 0 bridgehead atoms. The average Bonchev–Trinajstić information content (AvgIpc) is 3.16. The molecule has 0 spiro atoms. The summed E-state index contributed by atoms with van der Waals surface area (Å²) in [5.74, 6) is 0.651. The first-order valence-electron chi connectivity index (χ1n) is 8.12. The summed E-state index contributed by atoms with van der Waals surface area (Å²) in [7, 11) is 5.88. The Bertz CT molecular complexity index is 1160. The third kappa shape index (κ3) is 3.54. The van der Waals surface area contributed by atoms with Crippen molar-refractivity contribution in [2.24, 2.45) is 14.1 Å². The van der Waals surface area contributed by atoms with E-state index in [0.29, 0.717) is 27.9 Å². The van der Waals surface area contributed by atoms with Gasteiger partial charge < -0.3 is 9.47 Å². The first kappa shape index (κ1) is 19.4. The highest BCUT2D eigenvalue weighted by Crippen LogP contribution is 2.35. The van der Waals surface area contributed by atoms with Crippen molar-refractivity contribution in [2.45, 2.75) is 0 Å². The summed E-state index contributed by atoms with van der Waals surface area (Å²) in [6, 6.07) is 6.43. The summed E-state index contributed by atoms with van der Waals surface area (Å²) in [5.41, 5.74) is 0.102. The van der Waals surface area contributed by atoms with Gasteiger partial charge in [0, 0.05) is 31.1 Å². The Labute approximate surface area is 163 Å². The van der Waals surface area contributed by atoms with E-state index in [1.807, 2.05) is 0 Å². The quantitative estimate of drug-likeness (QED) is 0.693. The number of amides is 1. The normalized spacial score (nSPS) is 10.6. The predicted molar refractivity (Wildman–Crippen MR) is 106 cm³/mol. The van der Waals surface area contributed by atoms with Crippen molar-refractivity contribution in [3.05, 3.63) is 56.2 Å². The van der Waals surface area contributed by atoms with Gasteiger partial charge in [0.15, 0.2) is 5.13 Å². The highest BCUT2D eigenvalue weighted by Gasteiger charge is 2.17. The first-order valence-corrected chi connectivity index (χ1v) is 9.00. The number of anilines is 1. The van der Waals surface area contributed by atoms with Gasteiger partial charge in [-0.05, 0) is 18.2 Å². The minimum Gasteiger partial charge on any atom is -0.497 e. The molecular weight excluding hydrogens is 384 g/mol. The second-order valence-corrected chi connectivity index (χ2v) is 6.68. The van der Waals surface area contributed by atoms with Crippen LogP contribution < -0.4 is 26.0 Å².